The van der Waals surface area contributed by atoms with E-state index in [1.165, 1.54) is 9.13 Å². The molecule has 0 aliphatic rings. The van der Waals surface area contributed by atoms with E-state index in [-0.39, 0.29) is 13.2 Å². The second-order valence-electron chi connectivity index (χ2n) is 7.84. The first-order valence-electron chi connectivity index (χ1n) is 11.1. The van der Waals surface area contributed by atoms with Crippen LogP contribution in [0.15, 0.2) is 70.4 Å². The number of fused-ring (bicyclic) bond motifs is 3. The van der Waals surface area contributed by atoms with Crippen LogP contribution in [-0.4, -0.2) is 43.4 Å². The molecule has 5 rings (SSSR count). The molecule has 0 fully saturated rings. The monoisotopic (exact) mass is 459 g/mol. The predicted octanol–water partition coefficient (Wildman–Crippen LogP) is 2.85. The van der Waals surface area contributed by atoms with Crippen LogP contribution in [0.2, 0.25) is 0 Å². The summed E-state index contributed by atoms with van der Waals surface area (Å²) in [5.74, 6) is 1.17. The Balaban J connectivity index is 1.88. The molecule has 34 heavy (non-hydrogen) atoms. The Hall–Kier alpha value is -4.11. The average Bonchev–Trinajstić information content (AvgIpc) is 3.42. The molecule has 0 saturated carbocycles. The van der Waals surface area contributed by atoms with Crippen molar-refractivity contribution in [1.29, 1.82) is 0 Å². The van der Waals surface area contributed by atoms with Gasteiger partial charge in [-0.25, -0.2) is 4.79 Å². The molecule has 9 heteroatoms. The zero-order valence-corrected chi connectivity index (χ0v) is 19.3. The molecule has 9 nitrogen and oxygen atoms in total. The minimum Gasteiger partial charge on any atom is -0.495 e. The van der Waals surface area contributed by atoms with E-state index in [1.54, 1.807) is 18.6 Å². The first-order chi connectivity index (χ1) is 16.6. The molecule has 0 aliphatic heterocycles. The highest BCUT2D eigenvalue weighted by Gasteiger charge is 2.23. The molecule has 3 aromatic heterocycles. The normalized spacial score (nSPS) is 11.5. The summed E-state index contributed by atoms with van der Waals surface area (Å²) >= 11 is 0. The summed E-state index contributed by atoms with van der Waals surface area (Å²) in [4.78, 5) is 31.2. The third-order valence-corrected chi connectivity index (χ3v) is 5.91. The van der Waals surface area contributed by atoms with Gasteiger partial charge in [0.1, 0.15) is 5.75 Å². The van der Waals surface area contributed by atoms with Crippen LogP contribution in [0.1, 0.15) is 6.92 Å². The number of aryl methyl sites for hydroxylation is 1. The van der Waals surface area contributed by atoms with E-state index in [4.69, 9.17) is 14.5 Å². The molecule has 0 unspecified atom stereocenters. The molecular weight excluding hydrogens is 434 g/mol. The number of ether oxygens (including phenoxy) is 2. The van der Waals surface area contributed by atoms with E-state index in [2.05, 4.69) is 0 Å². The Morgan fingerprint density at radius 1 is 1.00 bits per heavy atom. The number of para-hydroxylation sites is 2. The molecule has 0 spiro atoms. The number of nitrogens with zero attached hydrogens (tertiary/aromatic N) is 5. The Morgan fingerprint density at radius 3 is 2.47 bits per heavy atom. The molecule has 0 atom stereocenters. The van der Waals surface area contributed by atoms with Crippen LogP contribution in [0.25, 0.3) is 33.9 Å². The average molecular weight is 460 g/mol. The molecule has 0 bridgehead atoms. The quantitative estimate of drug-likeness (QED) is 0.350. The third-order valence-electron chi connectivity index (χ3n) is 5.91. The second kappa shape index (κ2) is 8.68. The molecule has 3 heterocycles. The van der Waals surface area contributed by atoms with Crippen LogP contribution in [0.4, 0.5) is 0 Å². The summed E-state index contributed by atoms with van der Waals surface area (Å²) in [6.45, 7) is 2.82. The summed E-state index contributed by atoms with van der Waals surface area (Å²) in [6.07, 6.45) is 1.88. The summed E-state index contributed by atoms with van der Waals surface area (Å²) < 4.78 is 17.3. The van der Waals surface area contributed by atoms with Crippen LogP contribution in [0.5, 0.6) is 5.75 Å². The molecule has 174 valence electrons. The van der Waals surface area contributed by atoms with Crippen LogP contribution >= 0.6 is 0 Å². The van der Waals surface area contributed by atoms with Crippen molar-refractivity contribution in [3.05, 3.63) is 81.6 Å². The van der Waals surface area contributed by atoms with Gasteiger partial charge < -0.3 is 9.47 Å². The van der Waals surface area contributed by atoms with Gasteiger partial charge in [-0.3, -0.25) is 22.9 Å². The number of hydrogen-bond donors (Lipinski definition) is 0. The minimum atomic E-state index is -0.426. The number of imidazole rings is 2. The van der Waals surface area contributed by atoms with Crippen molar-refractivity contribution < 1.29 is 9.47 Å². The van der Waals surface area contributed by atoms with Gasteiger partial charge in [-0.15, -0.1) is 0 Å². The molecule has 0 radical (unpaired) electrons. The minimum absolute atomic E-state index is 0.168. The van der Waals surface area contributed by atoms with Gasteiger partial charge in [0.2, 0.25) is 5.78 Å². The number of aromatic nitrogens is 5. The van der Waals surface area contributed by atoms with E-state index in [0.29, 0.717) is 29.3 Å². The standard InChI is InChI=1S/C25H25N5O4/c1-4-34-15-14-28-23(31)21-22(27(2)25(28)32)26-24-29(21)16-19(17-10-6-5-7-11-17)30(24)18-12-8-9-13-20(18)33-3/h5-13,16H,4,14-15H2,1-3H3. The van der Waals surface area contributed by atoms with E-state index in [9.17, 15) is 9.59 Å². The highest BCUT2D eigenvalue weighted by Crippen LogP contribution is 2.32. The molecular formula is C25H25N5O4. The lowest BCUT2D eigenvalue weighted by Gasteiger charge is -2.13. The number of benzene rings is 2. The van der Waals surface area contributed by atoms with Crippen molar-refractivity contribution in [1.82, 2.24) is 23.1 Å². The predicted molar refractivity (Wildman–Crippen MR) is 130 cm³/mol. The maximum Gasteiger partial charge on any atom is 0.332 e. The highest BCUT2D eigenvalue weighted by atomic mass is 16.5. The van der Waals surface area contributed by atoms with Crippen LogP contribution in [-0.2, 0) is 18.3 Å². The zero-order chi connectivity index (χ0) is 23.8. The summed E-state index contributed by atoms with van der Waals surface area (Å²) in [5.41, 5.74) is 2.39. The topological polar surface area (TPSA) is 84.7 Å². The van der Waals surface area contributed by atoms with Crippen molar-refractivity contribution in [2.45, 2.75) is 13.5 Å². The fourth-order valence-corrected chi connectivity index (χ4v) is 4.26. The van der Waals surface area contributed by atoms with Crippen LogP contribution in [0, 0.1) is 0 Å². The summed E-state index contributed by atoms with van der Waals surface area (Å²) in [5, 5.41) is 0. The largest absolute Gasteiger partial charge is 0.495 e. The number of hydrogen-bond acceptors (Lipinski definition) is 5. The number of rotatable bonds is 7. The molecule has 0 saturated heterocycles. The Kier molecular flexibility index (Phi) is 5.54. The van der Waals surface area contributed by atoms with Crippen molar-refractivity contribution >= 4 is 16.9 Å². The van der Waals surface area contributed by atoms with E-state index in [0.717, 1.165) is 16.9 Å². The molecule has 0 amide bonds. The summed E-state index contributed by atoms with van der Waals surface area (Å²) in [7, 11) is 3.24. The lowest BCUT2D eigenvalue weighted by molar-refractivity contribution is 0.137. The Morgan fingerprint density at radius 2 is 1.74 bits per heavy atom. The molecule has 0 aliphatic carbocycles. The molecule has 0 N–H and O–H groups in total. The van der Waals surface area contributed by atoms with Crippen LogP contribution in [0.3, 0.4) is 0 Å². The summed E-state index contributed by atoms with van der Waals surface area (Å²) in [6, 6.07) is 17.5. The molecule has 2 aromatic carbocycles. The first kappa shape index (κ1) is 21.7. The first-order valence-corrected chi connectivity index (χ1v) is 11.1. The van der Waals surface area contributed by atoms with Crippen molar-refractivity contribution in [3.63, 3.8) is 0 Å². The van der Waals surface area contributed by atoms with Gasteiger partial charge in [0.25, 0.3) is 5.56 Å². The van der Waals surface area contributed by atoms with Gasteiger partial charge in [-0.05, 0) is 19.1 Å². The number of methoxy groups -OCH3 is 1. The van der Waals surface area contributed by atoms with Crippen molar-refractivity contribution in [3.8, 4) is 22.7 Å². The van der Waals surface area contributed by atoms with E-state index < -0.39 is 11.2 Å². The third kappa shape index (κ3) is 3.32. The molecule has 5 aromatic rings. The Bertz CT molecular complexity index is 1610. The second-order valence-corrected chi connectivity index (χ2v) is 7.84. The lowest BCUT2D eigenvalue weighted by atomic mass is 10.1. The van der Waals surface area contributed by atoms with Crippen LogP contribution < -0.4 is 16.0 Å². The smallest absolute Gasteiger partial charge is 0.332 e. The van der Waals surface area contributed by atoms with Gasteiger partial charge in [-0.2, -0.15) is 4.98 Å². The lowest BCUT2D eigenvalue weighted by Crippen LogP contribution is -2.40. The van der Waals surface area contributed by atoms with Gasteiger partial charge >= 0.3 is 5.69 Å². The fraction of sp³-hybridized carbons (Fsp3) is 0.240. The van der Waals surface area contributed by atoms with E-state index >= 15 is 0 Å². The maximum absolute atomic E-state index is 13.5. The van der Waals surface area contributed by atoms with Crippen molar-refractivity contribution in [2.24, 2.45) is 7.05 Å². The SMILES string of the molecule is CCOCCn1c(=O)c2c(nc3n(-c4ccccc4OC)c(-c4ccccc4)cn23)n(C)c1=O. The van der Waals surface area contributed by atoms with Gasteiger partial charge in [0, 0.05) is 25.4 Å². The maximum atomic E-state index is 13.5. The fourth-order valence-electron chi connectivity index (χ4n) is 4.26. The van der Waals surface area contributed by atoms with Gasteiger partial charge in [0.05, 0.1) is 31.6 Å². The van der Waals surface area contributed by atoms with Gasteiger partial charge in [-0.1, -0.05) is 42.5 Å². The highest BCUT2D eigenvalue weighted by molar-refractivity contribution is 5.80. The Labute approximate surface area is 195 Å². The van der Waals surface area contributed by atoms with Gasteiger partial charge in [0.15, 0.2) is 11.2 Å². The zero-order valence-electron chi connectivity index (χ0n) is 19.3. The van der Waals surface area contributed by atoms with Crippen molar-refractivity contribution in [2.75, 3.05) is 20.3 Å². The van der Waals surface area contributed by atoms with E-state index in [1.807, 2.05) is 72.3 Å².